The normalized spacial score (nSPS) is 10.8. The van der Waals surface area contributed by atoms with E-state index in [4.69, 9.17) is 4.98 Å². The van der Waals surface area contributed by atoms with Crippen LogP contribution in [0.5, 0.6) is 0 Å². The number of benzene rings is 2. The molecular weight excluding hydrogens is 312 g/mol. The highest BCUT2D eigenvalue weighted by Gasteiger charge is 2.11. The molecule has 2 aromatic carbocycles. The lowest BCUT2D eigenvalue weighted by molar-refractivity contribution is 0.102. The molecule has 0 saturated carbocycles. The Morgan fingerprint density at radius 1 is 1.04 bits per heavy atom. The highest BCUT2D eigenvalue weighted by Crippen LogP contribution is 2.25. The summed E-state index contributed by atoms with van der Waals surface area (Å²) in [4.78, 5) is 21.0. The van der Waals surface area contributed by atoms with Crippen LogP contribution >= 0.6 is 0 Å². The Bertz CT molecular complexity index is 1050. The predicted molar refractivity (Wildman–Crippen MR) is 98.3 cm³/mol. The monoisotopic (exact) mass is 328 g/mol. The average molecular weight is 328 g/mol. The Labute approximate surface area is 145 Å². The number of fused-ring (bicyclic) bond motifs is 1. The van der Waals surface area contributed by atoms with Gasteiger partial charge in [0.15, 0.2) is 0 Å². The van der Waals surface area contributed by atoms with E-state index in [1.807, 2.05) is 55.6 Å². The van der Waals surface area contributed by atoms with Crippen molar-refractivity contribution in [2.24, 2.45) is 7.05 Å². The van der Waals surface area contributed by atoms with Crippen LogP contribution in [-0.2, 0) is 7.05 Å². The zero-order valence-electron chi connectivity index (χ0n) is 13.7. The highest BCUT2D eigenvalue weighted by molar-refractivity contribution is 6.04. The van der Waals surface area contributed by atoms with E-state index in [0.29, 0.717) is 5.56 Å². The van der Waals surface area contributed by atoms with Gasteiger partial charge in [0, 0.05) is 30.7 Å². The van der Waals surface area contributed by atoms with Crippen molar-refractivity contribution < 1.29 is 4.79 Å². The lowest BCUT2D eigenvalue weighted by atomic mass is 10.1. The molecule has 1 amide bonds. The van der Waals surface area contributed by atoms with Crippen LogP contribution in [0.3, 0.4) is 0 Å². The van der Waals surface area contributed by atoms with Crippen LogP contribution in [0.15, 0.2) is 73.1 Å². The molecule has 2 aromatic heterocycles. The van der Waals surface area contributed by atoms with Crippen molar-refractivity contribution in [3.63, 3.8) is 0 Å². The summed E-state index contributed by atoms with van der Waals surface area (Å²) in [7, 11) is 1.99. The number of nitrogens with one attached hydrogen (secondary N) is 1. The van der Waals surface area contributed by atoms with E-state index in [9.17, 15) is 4.79 Å². The first-order valence-corrected chi connectivity index (χ1v) is 7.95. The zero-order valence-corrected chi connectivity index (χ0v) is 13.7. The third-order valence-corrected chi connectivity index (χ3v) is 4.09. The number of carbonyl (C=O) groups is 1. The van der Waals surface area contributed by atoms with Crippen molar-refractivity contribution >= 4 is 22.6 Å². The second kappa shape index (κ2) is 6.20. The highest BCUT2D eigenvalue weighted by atomic mass is 16.1. The molecule has 1 N–H and O–H groups in total. The molecule has 0 aliphatic carbocycles. The number of rotatable bonds is 3. The molecular formula is C20H16N4O. The molecule has 0 fully saturated rings. The van der Waals surface area contributed by atoms with Crippen molar-refractivity contribution in [3.05, 3.63) is 78.6 Å². The number of nitrogens with zero attached hydrogens (tertiary/aromatic N) is 3. The molecule has 0 saturated heterocycles. The van der Waals surface area contributed by atoms with Crippen LogP contribution in [0, 0.1) is 0 Å². The number of hydrogen-bond donors (Lipinski definition) is 1. The number of amides is 1. The summed E-state index contributed by atoms with van der Waals surface area (Å²) < 4.78 is 2.05. The van der Waals surface area contributed by atoms with E-state index in [1.54, 1.807) is 24.5 Å². The predicted octanol–water partition coefficient (Wildman–Crippen LogP) is 3.89. The number of carbonyl (C=O) groups excluding carboxylic acids is 1. The van der Waals surface area contributed by atoms with Gasteiger partial charge in [0.05, 0.1) is 16.6 Å². The molecule has 0 atom stereocenters. The minimum atomic E-state index is -0.185. The Hall–Kier alpha value is -3.47. The number of aromatic nitrogens is 3. The molecule has 0 radical (unpaired) electrons. The fourth-order valence-electron chi connectivity index (χ4n) is 2.84. The molecule has 0 bridgehead atoms. The second-order valence-corrected chi connectivity index (χ2v) is 5.76. The van der Waals surface area contributed by atoms with Gasteiger partial charge in [-0.3, -0.25) is 9.78 Å². The summed E-state index contributed by atoms with van der Waals surface area (Å²) in [5.74, 6) is 0.675. The quantitative estimate of drug-likeness (QED) is 0.621. The first-order valence-electron chi connectivity index (χ1n) is 7.95. The summed E-state index contributed by atoms with van der Waals surface area (Å²) in [6.07, 6.45) is 3.19. The molecule has 0 unspecified atom stereocenters. The summed E-state index contributed by atoms with van der Waals surface area (Å²) in [5, 5.41) is 2.91. The average Bonchev–Trinajstić information content (AvgIpc) is 3.00. The first kappa shape index (κ1) is 15.1. The SMILES string of the molecule is Cn1c(-c2cccc(NC(=O)c3cccnc3)c2)nc2ccccc21. The Morgan fingerprint density at radius 2 is 1.92 bits per heavy atom. The van der Waals surface area contributed by atoms with E-state index in [0.717, 1.165) is 28.1 Å². The third kappa shape index (κ3) is 2.87. The smallest absolute Gasteiger partial charge is 0.257 e. The first-order chi connectivity index (χ1) is 12.2. The van der Waals surface area contributed by atoms with Crippen molar-refractivity contribution in [1.82, 2.24) is 14.5 Å². The van der Waals surface area contributed by atoms with Gasteiger partial charge in [-0.05, 0) is 36.4 Å². The number of para-hydroxylation sites is 2. The lowest BCUT2D eigenvalue weighted by Crippen LogP contribution is -2.12. The van der Waals surface area contributed by atoms with Gasteiger partial charge in [-0.15, -0.1) is 0 Å². The fraction of sp³-hybridized carbons (Fsp3) is 0.0500. The Kier molecular flexibility index (Phi) is 3.74. The molecule has 0 aliphatic rings. The van der Waals surface area contributed by atoms with Crippen LogP contribution in [0.4, 0.5) is 5.69 Å². The van der Waals surface area contributed by atoms with Crippen molar-refractivity contribution in [2.75, 3.05) is 5.32 Å². The van der Waals surface area contributed by atoms with Crippen molar-refractivity contribution in [2.45, 2.75) is 0 Å². The summed E-state index contributed by atoms with van der Waals surface area (Å²) in [5.41, 5.74) is 4.21. The molecule has 0 spiro atoms. The van der Waals surface area contributed by atoms with Crippen LogP contribution in [0.1, 0.15) is 10.4 Å². The van der Waals surface area contributed by atoms with Gasteiger partial charge in [-0.2, -0.15) is 0 Å². The molecule has 5 heteroatoms. The maximum Gasteiger partial charge on any atom is 0.257 e. The van der Waals surface area contributed by atoms with Crippen LogP contribution in [0.2, 0.25) is 0 Å². The topological polar surface area (TPSA) is 59.8 Å². The van der Waals surface area contributed by atoms with E-state index in [1.165, 1.54) is 0 Å². The van der Waals surface area contributed by atoms with Gasteiger partial charge in [0.1, 0.15) is 5.82 Å². The number of anilines is 1. The van der Waals surface area contributed by atoms with Gasteiger partial charge < -0.3 is 9.88 Å². The minimum Gasteiger partial charge on any atom is -0.327 e. The number of imidazole rings is 1. The van der Waals surface area contributed by atoms with E-state index < -0.39 is 0 Å². The number of pyridine rings is 1. The van der Waals surface area contributed by atoms with Gasteiger partial charge in [0.25, 0.3) is 5.91 Å². The summed E-state index contributed by atoms with van der Waals surface area (Å²) in [6, 6.07) is 19.2. The molecule has 0 aliphatic heterocycles. The standard InChI is InChI=1S/C20H16N4O/c1-24-18-10-3-2-9-17(18)23-19(24)14-6-4-8-16(12-14)22-20(25)15-7-5-11-21-13-15/h2-13H,1H3,(H,22,25). The van der Waals surface area contributed by atoms with E-state index >= 15 is 0 Å². The molecule has 4 aromatic rings. The van der Waals surface area contributed by atoms with Gasteiger partial charge >= 0.3 is 0 Å². The fourth-order valence-corrected chi connectivity index (χ4v) is 2.84. The second-order valence-electron chi connectivity index (χ2n) is 5.76. The maximum atomic E-state index is 12.3. The summed E-state index contributed by atoms with van der Waals surface area (Å²) >= 11 is 0. The van der Waals surface area contributed by atoms with Crippen molar-refractivity contribution in [3.8, 4) is 11.4 Å². The number of aryl methyl sites for hydroxylation is 1. The summed E-state index contributed by atoms with van der Waals surface area (Å²) in [6.45, 7) is 0. The number of hydrogen-bond acceptors (Lipinski definition) is 3. The van der Waals surface area contributed by atoms with Crippen molar-refractivity contribution in [1.29, 1.82) is 0 Å². The van der Waals surface area contributed by atoms with E-state index in [2.05, 4.69) is 14.9 Å². The molecule has 5 nitrogen and oxygen atoms in total. The molecule has 4 rings (SSSR count). The third-order valence-electron chi connectivity index (χ3n) is 4.09. The Morgan fingerprint density at radius 3 is 2.72 bits per heavy atom. The zero-order chi connectivity index (χ0) is 17.2. The van der Waals surface area contributed by atoms with Gasteiger partial charge in [-0.25, -0.2) is 4.98 Å². The molecule has 25 heavy (non-hydrogen) atoms. The van der Waals surface area contributed by atoms with Gasteiger partial charge in [-0.1, -0.05) is 24.3 Å². The van der Waals surface area contributed by atoms with Crippen LogP contribution < -0.4 is 5.32 Å². The van der Waals surface area contributed by atoms with E-state index in [-0.39, 0.29) is 5.91 Å². The van der Waals surface area contributed by atoms with Crippen LogP contribution in [-0.4, -0.2) is 20.4 Å². The van der Waals surface area contributed by atoms with Crippen LogP contribution in [0.25, 0.3) is 22.4 Å². The largest absolute Gasteiger partial charge is 0.327 e. The van der Waals surface area contributed by atoms with Gasteiger partial charge in [0.2, 0.25) is 0 Å². The lowest BCUT2D eigenvalue weighted by Gasteiger charge is -2.08. The Balaban J connectivity index is 1.67. The molecule has 122 valence electrons. The molecule has 2 heterocycles. The minimum absolute atomic E-state index is 0.185. The maximum absolute atomic E-state index is 12.3.